The zero-order chi connectivity index (χ0) is 54.3. The van der Waals surface area contributed by atoms with E-state index in [0.29, 0.717) is 0 Å². The third-order valence-corrected chi connectivity index (χ3v) is 12.8. The molecule has 0 bridgehead atoms. The van der Waals surface area contributed by atoms with E-state index in [0.717, 1.165) is 16.7 Å². The lowest BCUT2D eigenvalue weighted by Crippen LogP contribution is -2.41. The summed E-state index contributed by atoms with van der Waals surface area (Å²) in [4.78, 5) is 107. The van der Waals surface area contributed by atoms with E-state index >= 15 is 0 Å². The van der Waals surface area contributed by atoms with Crippen molar-refractivity contribution in [3.63, 3.8) is 0 Å². The molecule has 3 unspecified atom stereocenters. The van der Waals surface area contributed by atoms with Crippen LogP contribution in [0.5, 0.6) is 0 Å². The van der Waals surface area contributed by atoms with E-state index in [1.165, 1.54) is 18.6 Å². The molecular weight excluding hydrogens is 983 g/mol. The molecule has 0 aromatic heterocycles. The highest BCUT2D eigenvalue weighted by Crippen LogP contribution is 2.30. The minimum atomic E-state index is -1.68. The predicted molar refractivity (Wildman–Crippen MR) is 277 cm³/mol. The summed E-state index contributed by atoms with van der Waals surface area (Å²) in [6, 6.07) is 26.9. The number of nitrogens with one attached hydrogen (secondary N) is 3. The smallest absolute Gasteiger partial charge is 0.273 e. The number of ether oxygens (including phenoxy) is 3. The number of aliphatic hydroxyl groups is 3. The summed E-state index contributed by atoms with van der Waals surface area (Å²) in [5.41, 5.74) is -0.346. The molecule has 3 aromatic rings. The SMILES string of the molecule is O=C(NCCCC(CCCNC(=O)C1=C(OCc2ccccc2)C(=O)C(CCO)C=N1)(CCCNC(=O)C1=C(OCc2ccccc2)C(=O)C(CCO)C=N1)[N+](=O)[O-])C1=C(OCc2ccccc2)C(=O)C(CCO)C=N1. The number of rotatable bonds is 31. The van der Waals surface area contributed by atoms with E-state index in [-0.39, 0.29) is 151 Å². The normalized spacial score (nSPS) is 18.1. The van der Waals surface area contributed by atoms with Crippen LogP contribution in [-0.4, -0.2) is 119 Å². The zero-order valence-corrected chi connectivity index (χ0v) is 42.0. The number of carbonyl (C=O) groups excluding carboxylic acids is 6. The van der Waals surface area contributed by atoms with Crippen molar-refractivity contribution in [3.8, 4) is 0 Å². The highest BCUT2D eigenvalue weighted by atomic mass is 16.6. The first-order valence-corrected chi connectivity index (χ1v) is 25.2. The molecule has 3 amide bonds. The van der Waals surface area contributed by atoms with Gasteiger partial charge in [0.1, 0.15) is 19.8 Å². The highest BCUT2D eigenvalue weighted by molar-refractivity contribution is 6.14. The fourth-order valence-electron chi connectivity index (χ4n) is 8.61. The Labute approximate surface area is 439 Å². The Bertz CT molecular complexity index is 2440. The van der Waals surface area contributed by atoms with Crippen molar-refractivity contribution in [2.75, 3.05) is 39.5 Å². The van der Waals surface area contributed by atoms with Crippen molar-refractivity contribution in [1.82, 2.24) is 16.0 Å². The summed E-state index contributed by atoms with van der Waals surface area (Å²) in [5, 5.41) is 50.0. The largest absolute Gasteiger partial charge is 0.483 e. The Morgan fingerprint density at radius 1 is 0.500 bits per heavy atom. The molecule has 0 saturated heterocycles. The van der Waals surface area contributed by atoms with E-state index in [2.05, 4.69) is 30.9 Å². The predicted octanol–water partition coefficient (Wildman–Crippen LogP) is 3.93. The van der Waals surface area contributed by atoms with Gasteiger partial charge in [0.25, 0.3) is 17.7 Å². The van der Waals surface area contributed by atoms with Gasteiger partial charge in [-0.3, -0.25) is 53.9 Å². The van der Waals surface area contributed by atoms with Gasteiger partial charge in [-0.05, 0) is 55.2 Å². The van der Waals surface area contributed by atoms with Crippen molar-refractivity contribution in [1.29, 1.82) is 0 Å². The van der Waals surface area contributed by atoms with Crippen LogP contribution in [0.4, 0.5) is 0 Å². The van der Waals surface area contributed by atoms with Gasteiger partial charge in [-0.25, -0.2) is 0 Å². The number of ketones is 3. The van der Waals surface area contributed by atoms with Gasteiger partial charge >= 0.3 is 0 Å². The lowest BCUT2D eigenvalue weighted by molar-refractivity contribution is -0.574. The molecule has 0 fully saturated rings. The molecule has 3 heterocycles. The molecular formula is C55H63N7O14. The molecule has 0 aliphatic carbocycles. The van der Waals surface area contributed by atoms with Gasteiger partial charge in [0.15, 0.2) is 34.4 Å². The van der Waals surface area contributed by atoms with Gasteiger partial charge in [-0.1, -0.05) is 91.0 Å². The summed E-state index contributed by atoms with van der Waals surface area (Å²) in [6.07, 6.45) is 3.92. The molecule has 6 rings (SSSR count). The first-order chi connectivity index (χ1) is 36.9. The van der Waals surface area contributed by atoms with Crippen LogP contribution < -0.4 is 16.0 Å². The number of Topliss-reactive ketones (excluding diaryl/α,β-unsaturated/α-hetero) is 3. The number of nitro groups is 1. The number of hydrogen-bond donors (Lipinski definition) is 6. The van der Waals surface area contributed by atoms with Crippen molar-refractivity contribution >= 4 is 53.7 Å². The van der Waals surface area contributed by atoms with Gasteiger partial charge in [0.05, 0.1) is 17.8 Å². The lowest BCUT2D eigenvalue weighted by atomic mass is 9.84. The Balaban J connectivity index is 1.15. The first-order valence-electron chi connectivity index (χ1n) is 25.2. The Kier molecular flexibility index (Phi) is 22.0. The summed E-state index contributed by atoms with van der Waals surface area (Å²) in [6.45, 7) is -1.30. The summed E-state index contributed by atoms with van der Waals surface area (Å²) in [7, 11) is 0. The van der Waals surface area contributed by atoms with E-state index in [4.69, 9.17) is 14.2 Å². The van der Waals surface area contributed by atoms with Crippen molar-refractivity contribution < 1.29 is 63.2 Å². The molecule has 21 heteroatoms. The van der Waals surface area contributed by atoms with Crippen molar-refractivity contribution in [3.05, 3.63) is 152 Å². The standard InChI is InChI=1S/C55H63N7O14/c63-28-19-40-31-59-43(49(46(40)66)74-34-37-13-4-1-5-14-37)52(69)56-25-10-22-55(62(72)73,23-11-26-57-53(70)44-50(47(67)41(20-29-64)32-60-44)75-35-38-15-6-2-7-16-38)24-12-27-58-54(71)45-51(48(68)42(21-30-65)33-61-45)76-36-39-17-8-3-9-18-39/h1-9,13-18,31-33,40-42,63-65H,10-12,19-30,34-36H2,(H,56,69)(H,57,70)(H,58,71). The maximum absolute atomic E-state index is 13.6. The van der Waals surface area contributed by atoms with Gasteiger partial charge in [-0.2, -0.15) is 0 Å². The van der Waals surface area contributed by atoms with Crippen molar-refractivity contribution in [2.24, 2.45) is 32.7 Å². The van der Waals surface area contributed by atoms with Crippen LogP contribution in [0.1, 0.15) is 74.5 Å². The number of aliphatic hydroxyl groups excluding tert-OH is 3. The van der Waals surface area contributed by atoms with E-state index in [1.54, 1.807) is 72.8 Å². The average molecular weight is 1050 g/mol. The quantitative estimate of drug-likeness (QED) is 0.0302. The summed E-state index contributed by atoms with van der Waals surface area (Å²) < 4.78 is 17.6. The van der Waals surface area contributed by atoms with E-state index in [9.17, 15) is 54.2 Å². The fourth-order valence-corrected chi connectivity index (χ4v) is 8.61. The monoisotopic (exact) mass is 1050 g/mol. The number of amides is 3. The second-order valence-corrected chi connectivity index (χ2v) is 18.2. The molecule has 6 N–H and O–H groups in total. The third kappa shape index (κ3) is 15.8. The van der Waals surface area contributed by atoms with Crippen LogP contribution in [0.25, 0.3) is 0 Å². The molecule has 0 radical (unpaired) electrons. The van der Waals surface area contributed by atoms with Gasteiger partial charge in [0, 0.05) is 82.3 Å². The minimum Gasteiger partial charge on any atom is -0.483 e. The molecule has 3 atom stereocenters. The molecule has 402 valence electrons. The number of allylic oxidation sites excluding steroid dienone is 3. The highest BCUT2D eigenvalue weighted by Gasteiger charge is 2.42. The molecule has 0 spiro atoms. The lowest BCUT2D eigenvalue weighted by Gasteiger charge is -2.26. The second kappa shape index (κ2) is 29.2. The van der Waals surface area contributed by atoms with Crippen LogP contribution in [0.15, 0.2) is 140 Å². The number of aliphatic imine (C=N–C) groups is 3. The zero-order valence-electron chi connectivity index (χ0n) is 42.0. The number of carbonyl (C=O) groups is 6. The van der Waals surface area contributed by atoms with Crippen molar-refractivity contribution in [2.45, 2.75) is 83.1 Å². The van der Waals surface area contributed by atoms with Crippen LogP contribution in [-0.2, 0) is 62.8 Å². The molecule has 0 saturated carbocycles. The molecule has 3 aromatic carbocycles. The molecule has 3 aliphatic heterocycles. The topological polar surface area (TPSA) is 307 Å². The van der Waals surface area contributed by atoms with Crippen LogP contribution >= 0.6 is 0 Å². The van der Waals surface area contributed by atoms with Crippen LogP contribution in [0, 0.1) is 27.9 Å². The molecule has 21 nitrogen and oxygen atoms in total. The Morgan fingerprint density at radius 2 is 0.776 bits per heavy atom. The number of benzene rings is 3. The van der Waals surface area contributed by atoms with E-state index in [1.807, 2.05) is 18.2 Å². The second-order valence-electron chi connectivity index (χ2n) is 18.2. The Hall–Kier alpha value is -8.01. The number of hydrogen-bond acceptors (Lipinski definition) is 17. The minimum absolute atomic E-state index is 0.0409. The van der Waals surface area contributed by atoms with Crippen LogP contribution in [0.2, 0.25) is 0 Å². The third-order valence-electron chi connectivity index (χ3n) is 12.8. The van der Waals surface area contributed by atoms with Gasteiger partial charge in [0.2, 0.25) is 22.9 Å². The maximum Gasteiger partial charge on any atom is 0.273 e. The van der Waals surface area contributed by atoms with Gasteiger partial charge < -0.3 is 45.5 Å². The molecule has 76 heavy (non-hydrogen) atoms. The Morgan fingerprint density at radius 3 is 1.03 bits per heavy atom. The summed E-state index contributed by atoms with van der Waals surface area (Å²) in [5.74, 6) is -7.13. The van der Waals surface area contributed by atoms with E-state index < -0.39 is 63.3 Å². The summed E-state index contributed by atoms with van der Waals surface area (Å²) >= 11 is 0. The van der Waals surface area contributed by atoms with Gasteiger partial charge in [-0.15, -0.1) is 0 Å². The average Bonchev–Trinajstić information content (AvgIpc) is 3.43. The van der Waals surface area contributed by atoms with Crippen LogP contribution in [0.3, 0.4) is 0 Å². The molecule has 3 aliphatic rings. The number of nitrogens with zero attached hydrogens (tertiary/aromatic N) is 4. The fraction of sp³-hybridized carbons (Fsp3) is 0.400. The maximum atomic E-state index is 13.6. The first kappa shape index (κ1) is 57.3.